The van der Waals surface area contributed by atoms with Gasteiger partial charge >= 0.3 is 0 Å². The minimum absolute atomic E-state index is 0.281. The van der Waals surface area contributed by atoms with Crippen LogP contribution in [0.1, 0.15) is 22.8 Å². The molecule has 2 N–H and O–H groups in total. The van der Waals surface area contributed by atoms with Crippen LogP contribution >= 0.6 is 11.6 Å². The van der Waals surface area contributed by atoms with Gasteiger partial charge in [0.1, 0.15) is 0 Å². The molecule has 1 atom stereocenters. The first-order chi connectivity index (χ1) is 11.4. The molecule has 2 aromatic carbocycles. The number of aliphatic hydroxyl groups is 1. The lowest BCUT2D eigenvalue weighted by molar-refractivity contribution is -0.131. The van der Waals surface area contributed by atoms with Crippen LogP contribution in [0.4, 0.5) is 0 Å². The van der Waals surface area contributed by atoms with E-state index >= 15 is 0 Å². The van der Waals surface area contributed by atoms with Crippen molar-refractivity contribution in [1.29, 1.82) is 0 Å². The van der Waals surface area contributed by atoms with Crippen molar-refractivity contribution in [3.8, 4) is 0 Å². The molecule has 0 saturated carbocycles. The zero-order valence-corrected chi connectivity index (χ0v) is 13.5. The van der Waals surface area contributed by atoms with E-state index in [1.807, 2.05) is 0 Å². The first-order valence-corrected chi connectivity index (χ1v) is 7.60. The van der Waals surface area contributed by atoms with Crippen molar-refractivity contribution in [2.45, 2.75) is 12.5 Å². The molecule has 5 nitrogen and oxygen atoms in total. The number of carbonyl (C=O) groups excluding carboxylic acids is 2. The highest BCUT2D eigenvalue weighted by Gasteiger charge is 2.49. The van der Waals surface area contributed by atoms with Crippen LogP contribution in [-0.4, -0.2) is 16.8 Å². The van der Waals surface area contributed by atoms with E-state index in [9.17, 15) is 14.7 Å². The summed E-state index contributed by atoms with van der Waals surface area (Å²) < 4.78 is 5.60. The summed E-state index contributed by atoms with van der Waals surface area (Å²) in [5.41, 5.74) is -0.714. The van der Waals surface area contributed by atoms with E-state index in [-0.39, 0.29) is 5.88 Å². The number of amides is 1. The maximum absolute atomic E-state index is 12.5. The monoisotopic (exact) mass is 343 g/mol. The number of nitrogens with one attached hydrogen (secondary N) is 1. The molecule has 0 bridgehead atoms. The summed E-state index contributed by atoms with van der Waals surface area (Å²) in [7, 11) is 0. The molecule has 6 heteroatoms. The molecule has 1 heterocycles. The molecular weight excluding hydrogens is 330 g/mol. The third kappa shape index (κ3) is 2.63. The van der Waals surface area contributed by atoms with Crippen LogP contribution in [0, 0.1) is 0 Å². The molecule has 0 spiro atoms. The van der Waals surface area contributed by atoms with Gasteiger partial charge in [-0.2, -0.15) is 0 Å². The average Bonchev–Trinajstić information content (AvgIpc) is 2.81. The van der Waals surface area contributed by atoms with E-state index in [0.29, 0.717) is 16.1 Å². The lowest BCUT2D eigenvalue weighted by Crippen LogP contribution is -2.32. The Morgan fingerprint density at radius 3 is 2.42 bits per heavy atom. The molecule has 0 aromatic heterocycles. The predicted octanol–water partition coefficient (Wildman–Crippen LogP) is 3.31. The van der Waals surface area contributed by atoms with Crippen molar-refractivity contribution >= 4 is 23.3 Å². The van der Waals surface area contributed by atoms with Crippen molar-refractivity contribution in [3.05, 3.63) is 82.4 Å². The van der Waals surface area contributed by atoms with Gasteiger partial charge in [-0.3, -0.25) is 14.9 Å². The Morgan fingerprint density at radius 2 is 1.75 bits per heavy atom. The largest absolute Gasteiger partial charge is 0.501 e. The summed E-state index contributed by atoms with van der Waals surface area (Å²) in [6, 6.07) is 15.1. The van der Waals surface area contributed by atoms with Crippen LogP contribution in [0.15, 0.2) is 66.2 Å². The zero-order chi connectivity index (χ0) is 17.3. The van der Waals surface area contributed by atoms with E-state index < -0.39 is 23.1 Å². The van der Waals surface area contributed by atoms with E-state index in [0.717, 1.165) is 0 Å². The predicted molar refractivity (Wildman–Crippen MR) is 88.5 cm³/mol. The Balaban J connectivity index is 1.88. The Kier molecular flexibility index (Phi) is 4.03. The van der Waals surface area contributed by atoms with E-state index in [1.165, 1.54) is 6.92 Å². The van der Waals surface area contributed by atoms with Gasteiger partial charge < -0.3 is 9.84 Å². The van der Waals surface area contributed by atoms with Crippen LogP contribution in [-0.2, 0) is 15.1 Å². The molecule has 0 aliphatic carbocycles. The first kappa shape index (κ1) is 16.1. The summed E-state index contributed by atoms with van der Waals surface area (Å²) in [4.78, 5) is 24.7. The second-order valence-corrected chi connectivity index (χ2v) is 5.85. The van der Waals surface area contributed by atoms with Crippen LogP contribution in [0.3, 0.4) is 0 Å². The third-order valence-electron chi connectivity index (χ3n) is 3.82. The number of halogens is 1. The van der Waals surface area contributed by atoms with E-state index in [2.05, 4.69) is 5.32 Å². The third-order valence-corrected chi connectivity index (χ3v) is 4.15. The maximum Gasteiger partial charge on any atom is 0.258 e. The fourth-order valence-electron chi connectivity index (χ4n) is 2.50. The van der Waals surface area contributed by atoms with Crippen molar-refractivity contribution in [1.82, 2.24) is 5.32 Å². The molecule has 1 aliphatic heterocycles. The van der Waals surface area contributed by atoms with Gasteiger partial charge in [-0.15, -0.1) is 0 Å². The molecular formula is C18H14ClNO4. The molecule has 1 amide bonds. The lowest BCUT2D eigenvalue weighted by Gasteiger charge is -2.24. The zero-order valence-electron chi connectivity index (χ0n) is 12.7. The van der Waals surface area contributed by atoms with Crippen LogP contribution in [0.2, 0.25) is 5.02 Å². The van der Waals surface area contributed by atoms with Gasteiger partial charge in [-0.25, -0.2) is 0 Å². The summed E-state index contributed by atoms with van der Waals surface area (Å²) >= 11 is 6.14. The highest BCUT2D eigenvalue weighted by Crippen LogP contribution is 2.39. The number of aliphatic hydroxyl groups excluding tert-OH is 1. The van der Waals surface area contributed by atoms with Gasteiger partial charge in [0.15, 0.2) is 0 Å². The van der Waals surface area contributed by atoms with E-state index in [4.69, 9.17) is 16.3 Å². The highest BCUT2D eigenvalue weighted by atomic mass is 35.5. The number of rotatable bonds is 3. The second-order valence-electron chi connectivity index (χ2n) is 5.44. The highest BCUT2D eigenvalue weighted by molar-refractivity contribution is 6.32. The molecule has 1 aliphatic rings. The minimum atomic E-state index is -1.50. The Morgan fingerprint density at radius 1 is 1.12 bits per heavy atom. The summed E-state index contributed by atoms with van der Waals surface area (Å²) in [6.45, 7) is 1.49. The van der Waals surface area contributed by atoms with Crippen molar-refractivity contribution in [2.75, 3.05) is 0 Å². The van der Waals surface area contributed by atoms with Crippen LogP contribution in [0.5, 0.6) is 0 Å². The van der Waals surface area contributed by atoms with Crippen molar-refractivity contribution < 1.29 is 19.4 Å². The smallest absolute Gasteiger partial charge is 0.258 e. The number of ether oxygens (including phenoxy) is 1. The number of carbonyl (C=O) groups is 2. The van der Waals surface area contributed by atoms with Crippen molar-refractivity contribution in [2.24, 2.45) is 0 Å². The summed E-state index contributed by atoms with van der Waals surface area (Å²) in [5, 5.41) is 12.8. The molecule has 24 heavy (non-hydrogen) atoms. The van der Waals surface area contributed by atoms with Gasteiger partial charge in [0.2, 0.25) is 17.2 Å². The number of Topliss-reactive ketones (excluding diaryl/α,β-unsaturated/α-hetero) is 1. The first-order valence-electron chi connectivity index (χ1n) is 7.22. The van der Waals surface area contributed by atoms with Crippen LogP contribution < -0.4 is 5.32 Å². The molecule has 0 saturated heterocycles. The average molecular weight is 344 g/mol. The van der Waals surface area contributed by atoms with Crippen LogP contribution in [0.25, 0.3) is 0 Å². The molecule has 3 rings (SSSR count). The topological polar surface area (TPSA) is 75.6 Å². The lowest BCUT2D eigenvalue weighted by atomic mass is 9.91. The number of hydrogen-bond donors (Lipinski definition) is 2. The Labute approximate surface area is 143 Å². The van der Waals surface area contributed by atoms with Gasteiger partial charge in [0, 0.05) is 16.1 Å². The Bertz CT molecular complexity index is 847. The molecule has 2 aromatic rings. The normalized spacial score (nSPS) is 20.0. The minimum Gasteiger partial charge on any atom is -0.501 e. The molecule has 0 fully saturated rings. The van der Waals surface area contributed by atoms with Crippen molar-refractivity contribution in [3.63, 3.8) is 0 Å². The summed E-state index contributed by atoms with van der Waals surface area (Å²) in [6.07, 6.45) is 0. The fourth-order valence-corrected chi connectivity index (χ4v) is 2.82. The molecule has 122 valence electrons. The van der Waals surface area contributed by atoms with Gasteiger partial charge in [-0.05, 0) is 25.1 Å². The standard InChI is InChI=1S/C18H14ClNO4/c1-18(12-9-5-6-10-13(12)19)15(22)14(21)17(24-18)20-16(23)11-7-3-2-4-8-11/h2-10,21H,1H3,(H,20,23). The van der Waals surface area contributed by atoms with Gasteiger partial charge in [0.25, 0.3) is 11.7 Å². The van der Waals surface area contributed by atoms with E-state index in [1.54, 1.807) is 54.6 Å². The molecule has 0 radical (unpaired) electrons. The number of benzene rings is 2. The second kappa shape index (κ2) is 6.02. The van der Waals surface area contributed by atoms with Gasteiger partial charge in [-0.1, -0.05) is 48.0 Å². The Hall–Kier alpha value is -2.79. The number of ketones is 1. The molecule has 1 unspecified atom stereocenters. The maximum atomic E-state index is 12.5. The van der Waals surface area contributed by atoms with Gasteiger partial charge in [0.05, 0.1) is 0 Å². The SMILES string of the molecule is CC1(c2ccccc2Cl)OC(NC(=O)c2ccccc2)=C(O)C1=O. The fraction of sp³-hybridized carbons (Fsp3) is 0.111. The number of hydrogen-bond acceptors (Lipinski definition) is 4. The summed E-state index contributed by atoms with van der Waals surface area (Å²) in [5.74, 6) is -2.08. The quantitative estimate of drug-likeness (QED) is 0.896.